The van der Waals surface area contributed by atoms with E-state index in [1.54, 1.807) is 19.2 Å². The third-order valence-electron chi connectivity index (χ3n) is 5.10. The number of fused-ring (bicyclic) bond motifs is 1. The first-order chi connectivity index (χ1) is 15.7. The van der Waals surface area contributed by atoms with Crippen LogP contribution in [0.2, 0.25) is 5.02 Å². The quantitative estimate of drug-likeness (QED) is 0.488. The van der Waals surface area contributed by atoms with Crippen LogP contribution in [0.4, 0.5) is 5.13 Å². The first-order valence-electron chi connectivity index (χ1n) is 10.1. The van der Waals surface area contributed by atoms with Gasteiger partial charge in [-0.3, -0.25) is 15.6 Å². The van der Waals surface area contributed by atoms with E-state index in [9.17, 15) is 13.2 Å². The highest BCUT2D eigenvalue weighted by molar-refractivity contribution is 7.89. The van der Waals surface area contributed by atoms with Crippen LogP contribution in [0.1, 0.15) is 24.2 Å². The molecule has 1 fully saturated rings. The number of nitrogens with zero attached hydrogens (tertiary/aromatic N) is 2. The summed E-state index contributed by atoms with van der Waals surface area (Å²) < 4.78 is 39.0. The minimum Gasteiger partial charge on any atom is -0.494 e. The zero-order chi connectivity index (χ0) is 23.8. The van der Waals surface area contributed by atoms with Gasteiger partial charge in [-0.05, 0) is 50.2 Å². The number of carbonyl (C=O) groups excluding carboxylic acids is 1. The molecule has 2 N–H and O–H groups in total. The van der Waals surface area contributed by atoms with Crippen LogP contribution in [0.3, 0.4) is 0 Å². The molecule has 9 nitrogen and oxygen atoms in total. The molecule has 1 aliphatic rings. The fraction of sp³-hybridized carbons (Fsp3) is 0.333. The number of hydrogen-bond donors (Lipinski definition) is 2. The minimum absolute atomic E-state index is 0.126. The van der Waals surface area contributed by atoms with Crippen LogP contribution in [-0.4, -0.2) is 56.0 Å². The molecule has 0 bridgehead atoms. The highest BCUT2D eigenvalue weighted by atomic mass is 35.5. The lowest BCUT2D eigenvalue weighted by molar-refractivity contribution is -0.0440. The predicted octanol–water partition coefficient (Wildman–Crippen LogP) is 3.51. The van der Waals surface area contributed by atoms with Gasteiger partial charge in [0.1, 0.15) is 11.3 Å². The highest BCUT2D eigenvalue weighted by Crippen LogP contribution is 2.37. The van der Waals surface area contributed by atoms with Gasteiger partial charge in [0.15, 0.2) is 0 Å². The maximum absolute atomic E-state index is 13.0. The summed E-state index contributed by atoms with van der Waals surface area (Å²) in [5, 5.41) is 0.961. The van der Waals surface area contributed by atoms with Crippen LogP contribution in [0, 0.1) is 0 Å². The van der Waals surface area contributed by atoms with Gasteiger partial charge in [-0.15, -0.1) is 0 Å². The lowest BCUT2D eigenvalue weighted by Gasteiger charge is -2.34. The average Bonchev–Trinajstić information content (AvgIpc) is 3.22. The summed E-state index contributed by atoms with van der Waals surface area (Å²) in [6.45, 7) is 4.26. The number of carbonyl (C=O) groups is 1. The Morgan fingerprint density at radius 2 is 1.85 bits per heavy atom. The second-order valence-electron chi connectivity index (χ2n) is 7.63. The molecule has 1 amide bonds. The number of ether oxygens (including phenoxy) is 2. The third-order valence-corrected chi connectivity index (χ3v) is 8.38. The summed E-state index contributed by atoms with van der Waals surface area (Å²) in [5.74, 6) is 0.135. The van der Waals surface area contributed by atoms with Gasteiger partial charge in [-0.1, -0.05) is 22.9 Å². The Hall–Kier alpha value is -2.44. The number of amides is 1. The number of anilines is 1. The van der Waals surface area contributed by atoms with Crippen LogP contribution in [-0.2, 0) is 14.8 Å². The highest BCUT2D eigenvalue weighted by Gasteiger charge is 2.32. The molecule has 2 heterocycles. The fourth-order valence-electron chi connectivity index (χ4n) is 3.61. The summed E-state index contributed by atoms with van der Waals surface area (Å²) >= 11 is 7.49. The molecule has 12 heteroatoms. The van der Waals surface area contributed by atoms with Crippen molar-refractivity contribution < 1.29 is 22.7 Å². The Labute approximate surface area is 200 Å². The number of thiazole rings is 1. The van der Waals surface area contributed by atoms with Gasteiger partial charge in [-0.2, -0.15) is 4.31 Å². The molecule has 2 atom stereocenters. The summed E-state index contributed by atoms with van der Waals surface area (Å²) in [7, 11) is -2.14. The number of hydrogen-bond acceptors (Lipinski definition) is 8. The molecule has 1 saturated heterocycles. The molecule has 1 aromatic heterocycles. The molecule has 3 aromatic rings. The summed E-state index contributed by atoms with van der Waals surface area (Å²) in [6, 6.07) is 9.23. The maximum Gasteiger partial charge on any atom is 0.269 e. The van der Waals surface area contributed by atoms with Crippen molar-refractivity contribution in [2.45, 2.75) is 31.0 Å². The molecule has 0 radical (unpaired) electrons. The zero-order valence-electron chi connectivity index (χ0n) is 18.2. The summed E-state index contributed by atoms with van der Waals surface area (Å²) in [6.07, 6.45) is -0.367. The van der Waals surface area contributed by atoms with Crippen LogP contribution in [0.25, 0.3) is 10.2 Å². The van der Waals surface area contributed by atoms with Crippen LogP contribution in [0.5, 0.6) is 5.75 Å². The normalized spacial score (nSPS) is 19.4. The molecule has 0 saturated carbocycles. The van der Waals surface area contributed by atoms with Crippen LogP contribution < -0.4 is 15.6 Å². The SMILES string of the molecule is COc1ccc(Cl)c2sc(NNC(=O)c3ccc(S(=O)(=O)N4CC(C)OC(C)C4)cc3)nc12. The van der Waals surface area contributed by atoms with Crippen molar-refractivity contribution in [3.8, 4) is 5.75 Å². The van der Waals surface area contributed by atoms with Gasteiger partial charge in [0, 0.05) is 18.7 Å². The molecular weight excluding hydrogens is 488 g/mol. The van der Waals surface area contributed by atoms with E-state index in [0.717, 1.165) is 4.70 Å². The first-order valence-corrected chi connectivity index (χ1v) is 12.8. The van der Waals surface area contributed by atoms with Gasteiger partial charge in [0.05, 0.1) is 33.9 Å². The van der Waals surface area contributed by atoms with E-state index >= 15 is 0 Å². The van der Waals surface area contributed by atoms with E-state index < -0.39 is 15.9 Å². The molecule has 1 aliphatic heterocycles. The van der Waals surface area contributed by atoms with Crippen molar-refractivity contribution in [2.75, 3.05) is 25.6 Å². The molecule has 33 heavy (non-hydrogen) atoms. The van der Waals surface area contributed by atoms with E-state index in [1.807, 2.05) is 13.8 Å². The smallest absolute Gasteiger partial charge is 0.269 e. The van der Waals surface area contributed by atoms with E-state index in [1.165, 1.54) is 39.9 Å². The molecular formula is C21H23ClN4O5S2. The number of rotatable bonds is 6. The van der Waals surface area contributed by atoms with Gasteiger partial charge in [0.25, 0.3) is 5.91 Å². The topological polar surface area (TPSA) is 110 Å². The molecule has 2 unspecified atom stereocenters. The number of hydrazine groups is 1. The average molecular weight is 511 g/mol. The second-order valence-corrected chi connectivity index (χ2v) is 11.0. The molecule has 0 aliphatic carbocycles. The molecule has 4 rings (SSSR count). The van der Waals surface area contributed by atoms with Crippen molar-refractivity contribution in [3.05, 3.63) is 47.0 Å². The maximum atomic E-state index is 13.0. The first kappa shape index (κ1) is 23.7. The second kappa shape index (κ2) is 9.43. The largest absolute Gasteiger partial charge is 0.494 e. The number of sulfonamides is 1. The van der Waals surface area contributed by atoms with E-state index in [2.05, 4.69) is 15.8 Å². The van der Waals surface area contributed by atoms with Crippen molar-refractivity contribution in [2.24, 2.45) is 0 Å². The zero-order valence-corrected chi connectivity index (χ0v) is 20.6. The number of aromatic nitrogens is 1. The fourth-order valence-corrected chi connectivity index (χ4v) is 6.31. The standard InChI is InChI=1S/C21H23ClN4O5S2/c1-12-10-26(11-13(2)31-12)33(28,29)15-6-4-14(5-7-15)20(27)24-25-21-23-18-17(30-3)9-8-16(22)19(18)32-21/h4-9,12-13H,10-11H2,1-3H3,(H,23,25)(H,24,27). The Kier molecular flexibility index (Phi) is 6.78. The number of benzene rings is 2. The van der Waals surface area contributed by atoms with Crippen molar-refractivity contribution >= 4 is 54.2 Å². The Morgan fingerprint density at radius 1 is 1.18 bits per heavy atom. The number of morpholine rings is 1. The number of methoxy groups -OCH3 is 1. The van der Waals surface area contributed by atoms with E-state index in [4.69, 9.17) is 21.1 Å². The lowest BCUT2D eigenvalue weighted by atomic mass is 10.2. The number of halogens is 1. The lowest BCUT2D eigenvalue weighted by Crippen LogP contribution is -2.48. The summed E-state index contributed by atoms with van der Waals surface area (Å²) in [4.78, 5) is 17.1. The van der Waals surface area contributed by atoms with E-state index in [0.29, 0.717) is 27.0 Å². The Bertz CT molecular complexity index is 1270. The Balaban J connectivity index is 1.45. The monoisotopic (exact) mass is 510 g/mol. The Morgan fingerprint density at radius 3 is 2.48 bits per heavy atom. The molecule has 2 aromatic carbocycles. The minimum atomic E-state index is -3.68. The van der Waals surface area contributed by atoms with Crippen molar-refractivity contribution in [3.63, 3.8) is 0 Å². The van der Waals surface area contributed by atoms with E-state index in [-0.39, 0.29) is 30.2 Å². The number of nitrogens with one attached hydrogen (secondary N) is 2. The van der Waals surface area contributed by atoms with Crippen molar-refractivity contribution in [1.29, 1.82) is 0 Å². The van der Waals surface area contributed by atoms with Crippen LogP contribution >= 0.6 is 22.9 Å². The van der Waals surface area contributed by atoms with Gasteiger partial charge in [0.2, 0.25) is 15.2 Å². The third kappa shape index (κ3) is 4.92. The molecule has 176 valence electrons. The predicted molar refractivity (Wildman–Crippen MR) is 127 cm³/mol. The van der Waals surface area contributed by atoms with Gasteiger partial charge < -0.3 is 9.47 Å². The van der Waals surface area contributed by atoms with Gasteiger partial charge >= 0.3 is 0 Å². The van der Waals surface area contributed by atoms with Gasteiger partial charge in [-0.25, -0.2) is 13.4 Å². The van der Waals surface area contributed by atoms with Crippen molar-refractivity contribution in [1.82, 2.24) is 14.7 Å². The molecule has 0 spiro atoms. The summed E-state index contributed by atoms with van der Waals surface area (Å²) in [5.41, 5.74) is 6.22. The van der Waals surface area contributed by atoms with Crippen LogP contribution in [0.15, 0.2) is 41.3 Å².